The number of benzene rings is 2. The highest BCUT2D eigenvalue weighted by molar-refractivity contribution is 6.30. The predicted octanol–water partition coefficient (Wildman–Crippen LogP) is 4.17. The van der Waals surface area contributed by atoms with Gasteiger partial charge in [-0.3, -0.25) is 9.59 Å². The number of hydrogen-bond acceptors (Lipinski definition) is 7. The number of fused-ring (bicyclic) bond motifs is 1. The lowest BCUT2D eigenvalue weighted by Gasteiger charge is -2.14. The molecule has 3 aromatic rings. The van der Waals surface area contributed by atoms with Crippen LogP contribution in [-0.2, 0) is 4.79 Å². The Labute approximate surface area is 218 Å². The number of carbonyl (C=O) groups excluding carboxylic acids is 2. The van der Waals surface area contributed by atoms with Gasteiger partial charge in [0.2, 0.25) is 6.41 Å². The Morgan fingerprint density at radius 2 is 1.83 bits per heavy atom. The largest absolute Gasteiger partial charge is 0.491 e. The minimum absolute atomic E-state index is 0.0998. The highest BCUT2D eigenvalue weighted by atomic mass is 35.5. The lowest BCUT2D eigenvalue weighted by atomic mass is 10.2. The van der Waals surface area contributed by atoms with Crippen molar-refractivity contribution in [3.8, 4) is 5.75 Å². The van der Waals surface area contributed by atoms with Crippen molar-refractivity contribution < 1.29 is 23.8 Å². The van der Waals surface area contributed by atoms with Crippen LogP contribution in [0, 0.1) is 0 Å². The highest BCUT2D eigenvalue weighted by Gasteiger charge is 2.10. The normalized spacial score (nSPS) is 10.4. The van der Waals surface area contributed by atoms with Crippen LogP contribution >= 0.6 is 11.6 Å². The SMILES string of the molecule is CC.CCC.NC(=O)c1cc2cc(OCC(O)CNCCNc3cccc(Cl)c3)ccc2o1.NC=O. The summed E-state index contributed by atoms with van der Waals surface area (Å²) >= 11 is 5.93. The summed E-state index contributed by atoms with van der Waals surface area (Å²) in [6.45, 7) is 10.2. The molecule has 36 heavy (non-hydrogen) atoms. The van der Waals surface area contributed by atoms with Crippen LogP contribution in [-0.4, -0.2) is 49.8 Å². The van der Waals surface area contributed by atoms with Crippen molar-refractivity contribution in [2.45, 2.75) is 40.2 Å². The number of ether oxygens (including phenoxy) is 1. The summed E-state index contributed by atoms with van der Waals surface area (Å²) in [5.74, 6) is 0.0544. The molecule has 0 radical (unpaired) electrons. The Morgan fingerprint density at radius 3 is 2.44 bits per heavy atom. The highest BCUT2D eigenvalue weighted by Crippen LogP contribution is 2.24. The molecule has 1 aromatic heterocycles. The Morgan fingerprint density at radius 1 is 1.17 bits per heavy atom. The molecule has 200 valence electrons. The van der Waals surface area contributed by atoms with Crippen LogP contribution < -0.4 is 26.8 Å². The van der Waals surface area contributed by atoms with Gasteiger partial charge in [0, 0.05) is 35.7 Å². The number of hydrogen-bond donors (Lipinski definition) is 5. The van der Waals surface area contributed by atoms with Gasteiger partial charge >= 0.3 is 0 Å². The number of rotatable bonds is 10. The number of furan rings is 1. The molecule has 0 aliphatic carbocycles. The van der Waals surface area contributed by atoms with E-state index in [2.05, 4.69) is 30.2 Å². The summed E-state index contributed by atoms with van der Waals surface area (Å²) in [7, 11) is 0. The van der Waals surface area contributed by atoms with Gasteiger partial charge in [-0.1, -0.05) is 51.8 Å². The monoisotopic (exact) mass is 522 g/mol. The number of amides is 2. The smallest absolute Gasteiger partial charge is 0.284 e. The summed E-state index contributed by atoms with van der Waals surface area (Å²) in [5, 5.41) is 17.8. The molecule has 1 heterocycles. The average Bonchev–Trinajstić information content (AvgIpc) is 3.29. The van der Waals surface area contributed by atoms with Gasteiger partial charge in [0.15, 0.2) is 5.76 Å². The van der Waals surface area contributed by atoms with Crippen molar-refractivity contribution in [2.24, 2.45) is 11.5 Å². The van der Waals surface area contributed by atoms with Crippen LogP contribution in [0.3, 0.4) is 0 Å². The first kappa shape index (κ1) is 32.7. The van der Waals surface area contributed by atoms with E-state index in [0.29, 0.717) is 41.4 Å². The van der Waals surface area contributed by atoms with E-state index in [1.165, 1.54) is 6.42 Å². The fourth-order valence-electron chi connectivity index (χ4n) is 2.65. The lowest BCUT2D eigenvalue weighted by molar-refractivity contribution is -0.106. The molecule has 0 saturated carbocycles. The molecule has 1 atom stereocenters. The Hall–Kier alpha value is -3.27. The van der Waals surface area contributed by atoms with Crippen molar-refractivity contribution in [3.63, 3.8) is 0 Å². The van der Waals surface area contributed by atoms with Crippen LogP contribution in [0.25, 0.3) is 11.0 Å². The fraction of sp³-hybridized carbons (Fsp3) is 0.385. The van der Waals surface area contributed by atoms with Gasteiger partial charge in [-0.2, -0.15) is 0 Å². The second-order valence-corrected chi connectivity index (χ2v) is 7.56. The number of halogens is 1. The average molecular weight is 523 g/mol. The molecule has 3 rings (SSSR count). The Kier molecular flexibility index (Phi) is 18.2. The van der Waals surface area contributed by atoms with Crippen molar-refractivity contribution in [1.82, 2.24) is 5.32 Å². The second kappa shape index (κ2) is 20.0. The van der Waals surface area contributed by atoms with E-state index < -0.39 is 12.0 Å². The van der Waals surface area contributed by atoms with Crippen LogP contribution in [0.1, 0.15) is 44.7 Å². The van der Waals surface area contributed by atoms with Crippen molar-refractivity contribution in [1.29, 1.82) is 0 Å². The van der Waals surface area contributed by atoms with Gasteiger partial charge in [0.25, 0.3) is 5.91 Å². The summed E-state index contributed by atoms with van der Waals surface area (Å²) < 4.78 is 10.9. The Bertz CT molecular complexity index is 1010. The van der Waals surface area contributed by atoms with E-state index in [0.717, 1.165) is 5.69 Å². The molecule has 0 spiro atoms. The molecule has 2 aromatic carbocycles. The topological polar surface area (TPSA) is 153 Å². The van der Waals surface area contributed by atoms with Gasteiger partial charge in [0.05, 0.1) is 0 Å². The number of carbonyl (C=O) groups is 2. The third-order valence-electron chi connectivity index (χ3n) is 4.01. The van der Waals surface area contributed by atoms with E-state index in [1.807, 2.05) is 38.1 Å². The van der Waals surface area contributed by atoms with Crippen molar-refractivity contribution >= 4 is 40.6 Å². The minimum atomic E-state index is -0.660. The summed E-state index contributed by atoms with van der Waals surface area (Å²) in [4.78, 5) is 19.7. The van der Waals surface area contributed by atoms with Crippen molar-refractivity contribution in [3.05, 3.63) is 59.3 Å². The van der Waals surface area contributed by atoms with E-state index >= 15 is 0 Å². The van der Waals surface area contributed by atoms with Gasteiger partial charge in [0.1, 0.15) is 24.0 Å². The van der Waals surface area contributed by atoms with Gasteiger partial charge in [-0.05, 0) is 42.5 Å². The van der Waals surface area contributed by atoms with E-state index in [1.54, 1.807) is 24.3 Å². The summed E-state index contributed by atoms with van der Waals surface area (Å²) in [6.07, 6.45) is 0.840. The molecule has 9 nitrogen and oxygen atoms in total. The number of nitrogens with one attached hydrogen (secondary N) is 2. The molecular formula is C26H39ClN4O5. The predicted molar refractivity (Wildman–Crippen MR) is 147 cm³/mol. The first-order chi connectivity index (χ1) is 17.3. The minimum Gasteiger partial charge on any atom is -0.491 e. The van der Waals surface area contributed by atoms with E-state index in [-0.39, 0.29) is 18.8 Å². The van der Waals surface area contributed by atoms with Crippen LogP contribution in [0.5, 0.6) is 5.75 Å². The summed E-state index contributed by atoms with van der Waals surface area (Å²) in [5.41, 5.74) is 10.9. The first-order valence-corrected chi connectivity index (χ1v) is 12.2. The Balaban J connectivity index is 0.00000137. The molecule has 10 heteroatoms. The maximum atomic E-state index is 11.2. The summed E-state index contributed by atoms with van der Waals surface area (Å²) in [6, 6.07) is 14.2. The third kappa shape index (κ3) is 13.6. The number of aliphatic hydroxyl groups is 1. The molecule has 0 fully saturated rings. The number of primary amides is 2. The molecule has 0 saturated heterocycles. The zero-order chi connectivity index (χ0) is 27.3. The van der Waals surface area contributed by atoms with E-state index in [4.69, 9.17) is 31.3 Å². The molecule has 0 aliphatic rings. The zero-order valence-electron chi connectivity index (χ0n) is 21.4. The number of nitrogens with two attached hydrogens (primary N) is 2. The lowest BCUT2D eigenvalue weighted by Crippen LogP contribution is -2.34. The standard InChI is InChI=1S/C20H22ClN3O4.C3H8.C2H6.CH3NO/c21-14-2-1-3-15(10-14)24-7-6-23-11-16(25)12-27-17-4-5-18-13(8-17)9-19(28-18)20(22)26;1-3-2;1-2;2-1-3/h1-5,8-10,16,23-25H,6-7,11-12H2,(H2,22,26);3H2,1-2H3;1-2H3;1H,(H2,2,3). The molecule has 7 N–H and O–H groups in total. The quantitative estimate of drug-likeness (QED) is 0.198. The van der Waals surface area contributed by atoms with E-state index in [9.17, 15) is 9.90 Å². The number of anilines is 1. The van der Waals surface area contributed by atoms with Crippen LogP contribution in [0.2, 0.25) is 5.02 Å². The van der Waals surface area contributed by atoms with Gasteiger partial charge < -0.3 is 36.4 Å². The molecular weight excluding hydrogens is 484 g/mol. The van der Waals surface area contributed by atoms with Crippen LogP contribution in [0.15, 0.2) is 52.9 Å². The maximum absolute atomic E-state index is 11.2. The third-order valence-corrected chi connectivity index (χ3v) is 4.24. The molecule has 0 bridgehead atoms. The molecule has 2 amide bonds. The zero-order valence-corrected chi connectivity index (χ0v) is 22.2. The maximum Gasteiger partial charge on any atom is 0.284 e. The fourth-order valence-corrected chi connectivity index (χ4v) is 2.84. The van der Waals surface area contributed by atoms with Gasteiger partial charge in [-0.25, -0.2) is 0 Å². The molecule has 1 unspecified atom stereocenters. The van der Waals surface area contributed by atoms with Crippen LogP contribution in [0.4, 0.5) is 5.69 Å². The molecule has 0 aliphatic heterocycles. The second-order valence-electron chi connectivity index (χ2n) is 7.12. The number of aliphatic hydroxyl groups excluding tert-OH is 1. The van der Waals surface area contributed by atoms with Gasteiger partial charge in [-0.15, -0.1) is 0 Å². The van der Waals surface area contributed by atoms with Crippen molar-refractivity contribution in [2.75, 3.05) is 31.6 Å². The first-order valence-electron chi connectivity index (χ1n) is 11.8.